The molecule has 3 aromatic rings. The maximum atomic E-state index is 13.0. The van der Waals surface area contributed by atoms with Gasteiger partial charge in [0.2, 0.25) is 5.91 Å². The molecule has 0 bridgehead atoms. The van der Waals surface area contributed by atoms with Gasteiger partial charge in [-0.25, -0.2) is 0 Å². The normalized spacial score (nSPS) is 10.0. The van der Waals surface area contributed by atoms with Gasteiger partial charge in [-0.3, -0.25) is 9.59 Å². The van der Waals surface area contributed by atoms with E-state index >= 15 is 0 Å². The first-order valence-electron chi connectivity index (χ1n) is 9.57. The lowest BCUT2D eigenvalue weighted by Gasteiger charge is -2.21. The van der Waals surface area contributed by atoms with E-state index in [2.05, 4.69) is 12.6 Å². The molecule has 0 aliphatic carbocycles. The average molecular weight is 411 g/mol. The molecule has 6 heteroatoms. The summed E-state index contributed by atoms with van der Waals surface area (Å²) in [6, 6.07) is 22.6. The summed E-state index contributed by atoms with van der Waals surface area (Å²) in [7, 11) is 0. The van der Waals surface area contributed by atoms with Crippen molar-refractivity contribution in [2.24, 2.45) is 5.73 Å². The number of primary amides is 1. The fourth-order valence-corrected chi connectivity index (χ4v) is 3.01. The summed E-state index contributed by atoms with van der Waals surface area (Å²) in [5.74, 6) is 0.451. The lowest BCUT2D eigenvalue weighted by Crippen LogP contribution is -2.30. The smallest absolute Gasteiger partial charge is 0.254 e. The van der Waals surface area contributed by atoms with Gasteiger partial charge < -0.3 is 15.4 Å². The molecule has 154 valence electrons. The predicted octanol–water partition coefficient (Wildman–Crippen LogP) is 4.28. The minimum absolute atomic E-state index is 0.153. The Morgan fingerprint density at radius 3 is 2.16 bits per heavy atom. The van der Waals surface area contributed by atoms with E-state index in [0.29, 0.717) is 41.3 Å². The summed E-state index contributed by atoms with van der Waals surface area (Å²) in [6.45, 7) is 4.48. The minimum atomic E-state index is -0.502. The predicted molar refractivity (Wildman–Crippen MR) is 118 cm³/mol. The first kappa shape index (κ1) is 21.3. The summed E-state index contributed by atoms with van der Waals surface area (Å²) < 4.78 is 5.75. The van der Waals surface area contributed by atoms with Crippen LogP contribution in [-0.2, 0) is 6.54 Å². The maximum Gasteiger partial charge on any atom is 0.254 e. The van der Waals surface area contributed by atoms with Gasteiger partial charge in [-0.1, -0.05) is 18.2 Å². The molecule has 31 heavy (non-hydrogen) atoms. The molecule has 0 saturated heterocycles. The third-order valence-electron chi connectivity index (χ3n) is 4.54. The largest absolute Gasteiger partial charge is 0.457 e. The van der Waals surface area contributed by atoms with E-state index in [0.717, 1.165) is 5.56 Å². The van der Waals surface area contributed by atoms with Crippen molar-refractivity contribution in [2.75, 3.05) is 6.54 Å². The Kier molecular flexibility index (Phi) is 6.82. The second-order valence-electron chi connectivity index (χ2n) is 6.80. The first-order valence-corrected chi connectivity index (χ1v) is 9.57. The molecule has 2 N–H and O–H groups in total. The Labute approximate surface area is 180 Å². The van der Waals surface area contributed by atoms with Crippen molar-refractivity contribution in [1.29, 1.82) is 5.26 Å². The van der Waals surface area contributed by atoms with Gasteiger partial charge in [-0.05, 0) is 66.2 Å². The van der Waals surface area contributed by atoms with Crippen LogP contribution in [0.1, 0.15) is 31.8 Å². The van der Waals surface area contributed by atoms with Crippen molar-refractivity contribution in [2.45, 2.75) is 6.54 Å². The minimum Gasteiger partial charge on any atom is -0.457 e. The van der Waals surface area contributed by atoms with Crippen molar-refractivity contribution in [1.82, 2.24) is 4.90 Å². The van der Waals surface area contributed by atoms with Crippen LogP contribution in [0.25, 0.3) is 0 Å². The molecule has 0 saturated carbocycles. The van der Waals surface area contributed by atoms with Gasteiger partial charge in [0.15, 0.2) is 0 Å². The molecular weight excluding hydrogens is 390 g/mol. The van der Waals surface area contributed by atoms with E-state index in [1.807, 2.05) is 6.07 Å². The molecule has 0 aliphatic heterocycles. The number of rotatable bonds is 8. The van der Waals surface area contributed by atoms with Gasteiger partial charge in [0, 0.05) is 24.2 Å². The molecule has 0 aliphatic rings. The molecule has 0 atom stereocenters. The highest BCUT2D eigenvalue weighted by molar-refractivity contribution is 5.94. The Bertz CT molecular complexity index is 1130. The Hall–Kier alpha value is -4.37. The van der Waals surface area contributed by atoms with Gasteiger partial charge in [0.1, 0.15) is 11.5 Å². The van der Waals surface area contributed by atoms with Crippen LogP contribution < -0.4 is 10.5 Å². The van der Waals surface area contributed by atoms with Crippen molar-refractivity contribution in [3.63, 3.8) is 0 Å². The number of hydrogen-bond donors (Lipinski definition) is 1. The summed E-state index contributed by atoms with van der Waals surface area (Å²) in [6.07, 6.45) is 1.67. The summed E-state index contributed by atoms with van der Waals surface area (Å²) in [5.41, 5.74) is 7.56. The molecule has 0 aromatic heterocycles. The van der Waals surface area contributed by atoms with Crippen LogP contribution in [0.3, 0.4) is 0 Å². The number of nitrogens with two attached hydrogens (primary N) is 1. The average Bonchev–Trinajstić information content (AvgIpc) is 2.79. The SMILES string of the molecule is C=CCN(Cc1cccc(C#N)c1)C(=O)c1ccc(Oc2ccc(C(N)=O)cc2)cc1. The molecule has 6 nitrogen and oxygen atoms in total. The van der Waals surface area contributed by atoms with E-state index in [1.165, 1.54) is 0 Å². The monoisotopic (exact) mass is 411 g/mol. The van der Waals surface area contributed by atoms with Crippen molar-refractivity contribution in [3.8, 4) is 17.6 Å². The number of amides is 2. The number of ether oxygens (including phenoxy) is 1. The van der Waals surface area contributed by atoms with Crippen LogP contribution in [0.4, 0.5) is 0 Å². The summed E-state index contributed by atoms with van der Waals surface area (Å²) in [5, 5.41) is 9.08. The Balaban J connectivity index is 1.71. The first-order chi connectivity index (χ1) is 15.0. The van der Waals surface area contributed by atoms with Gasteiger partial charge in [0.05, 0.1) is 11.6 Å². The maximum absolute atomic E-state index is 13.0. The molecule has 0 unspecified atom stereocenters. The van der Waals surface area contributed by atoms with Gasteiger partial charge in [-0.2, -0.15) is 5.26 Å². The highest BCUT2D eigenvalue weighted by Crippen LogP contribution is 2.23. The molecular formula is C25H21N3O3. The second kappa shape index (κ2) is 9.90. The van der Waals surface area contributed by atoms with Crippen LogP contribution in [0.15, 0.2) is 85.5 Å². The van der Waals surface area contributed by atoms with Crippen LogP contribution >= 0.6 is 0 Å². The zero-order valence-electron chi connectivity index (χ0n) is 16.8. The Morgan fingerprint density at radius 1 is 1.00 bits per heavy atom. The van der Waals surface area contributed by atoms with E-state index in [1.54, 1.807) is 77.7 Å². The van der Waals surface area contributed by atoms with Crippen LogP contribution in [0, 0.1) is 11.3 Å². The third-order valence-corrected chi connectivity index (χ3v) is 4.54. The number of carbonyl (C=O) groups excluding carboxylic acids is 2. The Morgan fingerprint density at radius 2 is 1.61 bits per heavy atom. The summed E-state index contributed by atoms with van der Waals surface area (Å²) in [4.78, 5) is 25.8. The van der Waals surface area contributed by atoms with E-state index in [4.69, 9.17) is 15.7 Å². The van der Waals surface area contributed by atoms with E-state index < -0.39 is 5.91 Å². The molecule has 0 spiro atoms. The number of hydrogen-bond acceptors (Lipinski definition) is 4. The zero-order chi connectivity index (χ0) is 22.2. The zero-order valence-corrected chi connectivity index (χ0v) is 16.8. The highest BCUT2D eigenvalue weighted by atomic mass is 16.5. The van der Waals surface area contributed by atoms with Crippen molar-refractivity contribution < 1.29 is 14.3 Å². The lowest BCUT2D eigenvalue weighted by atomic mass is 10.1. The van der Waals surface area contributed by atoms with E-state index in [-0.39, 0.29) is 5.91 Å². The van der Waals surface area contributed by atoms with Crippen LogP contribution in [-0.4, -0.2) is 23.3 Å². The number of carbonyl (C=O) groups is 2. The number of benzene rings is 3. The molecule has 0 heterocycles. The number of nitriles is 1. The highest BCUT2D eigenvalue weighted by Gasteiger charge is 2.15. The number of nitrogens with zero attached hydrogens (tertiary/aromatic N) is 2. The molecule has 2 amide bonds. The van der Waals surface area contributed by atoms with Crippen LogP contribution in [0.5, 0.6) is 11.5 Å². The van der Waals surface area contributed by atoms with Crippen molar-refractivity contribution >= 4 is 11.8 Å². The lowest BCUT2D eigenvalue weighted by molar-refractivity contribution is 0.0762. The molecule has 0 radical (unpaired) electrons. The quantitative estimate of drug-likeness (QED) is 0.560. The van der Waals surface area contributed by atoms with E-state index in [9.17, 15) is 9.59 Å². The molecule has 3 aromatic carbocycles. The van der Waals surface area contributed by atoms with Gasteiger partial charge in [-0.15, -0.1) is 6.58 Å². The second-order valence-corrected chi connectivity index (χ2v) is 6.80. The molecule has 0 fully saturated rings. The van der Waals surface area contributed by atoms with Crippen LogP contribution in [0.2, 0.25) is 0 Å². The fraction of sp³-hybridized carbons (Fsp3) is 0.0800. The topological polar surface area (TPSA) is 96.4 Å². The molecule has 3 rings (SSSR count). The van der Waals surface area contributed by atoms with Gasteiger partial charge in [0.25, 0.3) is 5.91 Å². The fourth-order valence-electron chi connectivity index (χ4n) is 3.01. The third kappa shape index (κ3) is 5.58. The standard InChI is InChI=1S/C25H21N3O3/c1-2-14-28(17-19-5-3-4-18(15-19)16-26)25(30)21-8-12-23(13-9-21)31-22-10-6-20(7-11-22)24(27)29/h2-13,15H,1,14,17H2,(H2,27,29). The summed E-state index contributed by atoms with van der Waals surface area (Å²) >= 11 is 0. The van der Waals surface area contributed by atoms with Crippen molar-refractivity contribution in [3.05, 3.63) is 108 Å². The van der Waals surface area contributed by atoms with Gasteiger partial charge >= 0.3 is 0 Å².